The molecule has 0 amide bonds. The van der Waals surface area contributed by atoms with Gasteiger partial charge in [-0.05, 0) is 105 Å². The van der Waals surface area contributed by atoms with E-state index >= 15 is 0 Å². The van der Waals surface area contributed by atoms with Crippen LogP contribution in [-0.2, 0) is 55.8 Å². The first kappa shape index (κ1) is 60.0. The second-order valence-corrected chi connectivity index (χ2v) is 21.4. The molecule has 0 aliphatic carbocycles. The fourth-order valence-corrected chi connectivity index (χ4v) is 10.4. The van der Waals surface area contributed by atoms with E-state index in [0.717, 1.165) is 11.1 Å². The van der Waals surface area contributed by atoms with Crippen molar-refractivity contribution in [3.63, 3.8) is 0 Å². The summed E-state index contributed by atoms with van der Waals surface area (Å²) >= 11 is 0. The molecule has 0 saturated carbocycles. The number of ether oxygens (including phenoxy) is 12. The highest BCUT2D eigenvalue weighted by Crippen LogP contribution is 2.44. The standard InChI is InChI=1S/C70H62O18/c1-43-58(61-63(88-70(2,3)87-61)69(80-43)81-54-39-52(78-41-45-24-12-5-13-25-45)38-53(71)56(54)57(72)46-34-36-51(37-35-46)77-40-44-22-10-4-11-23-44)86-68-62(85-67(76)50-32-20-9-21-33-50)60(84-66(75)49-30-18-8-19-31-49)59(83-65(74)48-28-16-7-17-29-48)55(82-68)42-79-64(73)47-26-14-6-15-27-47/h4-39,43,55,58-63,68-69,71H,40-42H2,1-3H3/t43-,55+,58-,59+,60-,61+,62+,63+,68-,69-/m0/s1. The maximum atomic E-state index is 14.7. The van der Waals surface area contributed by atoms with Gasteiger partial charge in [0.1, 0.15) is 66.7 Å². The Morgan fingerprint density at radius 3 is 1.44 bits per heavy atom. The highest BCUT2D eigenvalue weighted by molar-refractivity contribution is 6.12. The minimum atomic E-state index is -1.76. The normalized spacial score (nSPS) is 22.6. The Kier molecular flexibility index (Phi) is 18.6. The summed E-state index contributed by atoms with van der Waals surface area (Å²) in [5.74, 6) is -5.32. The molecule has 0 spiro atoms. The topological polar surface area (TPSA) is 216 Å². The first-order valence-electron chi connectivity index (χ1n) is 28.6. The van der Waals surface area contributed by atoms with Gasteiger partial charge in [-0.3, -0.25) is 4.79 Å². The summed E-state index contributed by atoms with van der Waals surface area (Å²) in [5.41, 5.74) is 2.27. The number of carbonyl (C=O) groups is 5. The first-order chi connectivity index (χ1) is 42.7. The average Bonchev–Trinajstić information content (AvgIpc) is 1.63. The number of benzene rings is 8. The summed E-state index contributed by atoms with van der Waals surface area (Å²) in [6.07, 6.45) is -14.4. The monoisotopic (exact) mass is 1190 g/mol. The summed E-state index contributed by atoms with van der Waals surface area (Å²) in [7, 11) is 0. The fraction of sp³-hybridized carbons (Fsp3) is 0.243. The smallest absolute Gasteiger partial charge is 0.338 e. The molecule has 18 nitrogen and oxygen atoms in total. The molecule has 450 valence electrons. The Morgan fingerprint density at radius 2 is 0.920 bits per heavy atom. The van der Waals surface area contributed by atoms with Gasteiger partial charge in [0.2, 0.25) is 12.1 Å². The van der Waals surface area contributed by atoms with Crippen LogP contribution in [0.15, 0.2) is 218 Å². The number of esters is 4. The van der Waals surface area contributed by atoms with Crippen molar-refractivity contribution < 1.29 is 85.9 Å². The zero-order valence-corrected chi connectivity index (χ0v) is 48.1. The van der Waals surface area contributed by atoms with Gasteiger partial charge >= 0.3 is 23.9 Å². The molecule has 18 heteroatoms. The number of phenols is 1. The van der Waals surface area contributed by atoms with Crippen LogP contribution < -0.4 is 14.2 Å². The predicted octanol–water partition coefficient (Wildman–Crippen LogP) is 11.1. The van der Waals surface area contributed by atoms with Gasteiger partial charge in [0.05, 0.1) is 28.4 Å². The maximum absolute atomic E-state index is 14.7. The molecular formula is C70H62O18. The van der Waals surface area contributed by atoms with E-state index in [1.54, 1.807) is 130 Å². The summed E-state index contributed by atoms with van der Waals surface area (Å²) in [6.45, 7) is 4.78. The Labute approximate surface area is 507 Å². The minimum absolute atomic E-state index is 0.0928. The molecule has 3 aliphatic rings. The molecule has 3 heterocycles. The van der Waals surface area contributed by atoms with Crippen LogP contribution in [0.4, 0.5) is 0 Å². The number of fused-ring (bicyclic) bond motifs is 1. The van der Waals surface area contributed by atoms with E-state index in [-0.39, 0.29) is 51.5 Å². The maximum Gasteiger partial charge on any atom is 0.338 e. The number of hydrogen-bond donors (Lipinski definition) is 1. The number of hydrogen-bond acceptors (Lipinski definition) is 18. The van der Waals surface area contributed by atoms with Crippen molar-refractivity contribution in [3.05, 3.63) is 263 Å². The van der Waals surface area contributed by atoms with Gasteiger partial charge in [-0.1, -0.05) is 133 Å². The van der Waals surface area contributed by atoms with E-state index in [9.17, 15) is 29.1 Å². The molecule has 8 aromatic carbocycles. The Morgan fingerprint density at radius 1 is 0.466 bits per heavy atom. The van der Waals surface area contributed by atoms with Crippen LogP contribution in [-0.4, -0.2) is 109 Å². The van der Waals surface area contributed by atoms with Crippen LogP contribution in [0.2, 0.25) is 0 Å². The van der Waals surface area contributed by atoms with Crippen LogP contribution in [0.5, 0.6) is 23.0 Å². The largest absolute Gasteiger partial charge is 0.507 e. The Balaban J connectivity index is 0.938. The third kappa shape index (κ3) is 14.4. The van der Waals surface area contributed by atoms with Crippen molar-refractivity contribution in [1.29, 1.82) is 0 Å². The van der Waals surface area contributed by atoms with E-state index < -0.39 is 109 Å². The molecule has 8 aromatic rings. The molecule has 10 atom stereocenters. The number of aromatic hydroxyl groups is 1. The lowest BCUT2D eigenvalue weighted by Crippen LogP contribution is -2.65. The SMILES string of the molecule is C[C@@H]1O[C@@H](Oc2cc(OCc3ccccc3)cc(O)c2C(=O)c2ccc(OCc3ccccc3)cc2)[C@@H]2OC(C)(C)O[C@@H]2[C@H]1O[C@@H]1O[C@H](COC(=O)c2ccccc2)[C@@H](OC(=O)c2ccccc2)[C@H](OC(=O)c2ccccc2)[C@H]1OC(=O)c1ccccc1. The number of carbonyl (C=O) groups excluding carboxylic acids is 5. The number of rotatable bonds is 21. The molecule has 3 saturated heterocycles. The van der Waals surface area contributed by atoms with Gasteiger partial charge in [-0.2, -0.15) is 0 Å². The zero-order chi connectivity index (χ0) is 61.2. The van der Waals surface area contributed by atoms with Crippen molar-refractivity contribution in [2.24, 2.45) is 0 Å². The minimum Gasteiger partial charge on any atom is -0.507 e. The molecule has 11 rings (SSSR count). The average molecular weight is 1190 g/mol. The van der Waals surface area contributed by atoms with E-state index in [2.05, 4.69) is 0 Å². The Hall–Kier alpha value is -9.69. The van der Waals surface area contributed by atoms with Crippen LogP contribution in [0.25, 0.3) is 0 Å². The van der Waals surface area contributed by atoms with E-state index in [1.165, 1.54) is 48.5 Å². The van der Waals surface area contributed by atoms with Crippen molar-refractivity contribution in [2.75, 3.05) is 6.61 Å². The molecular weight excluding hydrogens is 1130 g/mol. The summed E-state index contributed by atoms with van der Waals surface area (Å²) in [5, 5.41) is 11.9. The van der Waals surface area contributed by atoms with Gasteiger partial charge in [0, 0.05) is 17.7 Å². The van der Waals surface area contributed by atoms with Gasteiger partial charge in [-0.15, -0.1) is 0 Å². The third-order valence-corrected chi connectivity index (χ3v) is 14.7. The highest BCUT2D eigenvalue weighted by Gasteiger charge is 2.60. The lowest BCUT2D eigenvalue weighted by molar-refractivity contribution is -0.338. The molecule has 3 fully saturated rings. The molecule has 0 unspecified atom stereocenters. The fourth-order valence-electron chi connectivity index (χ4n) is 10.4. The van der Waals surface area contributed by atoms with Crippen molar-refractivity contribution in [1.82, 2.24) is 0 Å². The predicted molar refractivity (Wildman–Crippen MR) is 316 cm³/mol. The first-order valence-corrected chi connectivity index (χ1v) is 28.6. The number of ketones is 1. The van der Waals surface area contributed by atoms with Gasteiger partial charge in [-0.25, -0.2) is 19.2 Å². The van der Waals surface area contributed by atoms with Crippen molar-refractivity contribution in [3.8, 4) is 23.0 Å². The van der Waals surface area contributed by atoms with Gasteiger partial charge in [0.25, 0.3) is 0 Å². The van der Waals surface area contributed by atoms with Crippen molar-refractivity contribution in [2.45, 2.75) is 101 Å². The molecule has 0 bridgehead atoms. The second kappa shape index (κ2) is 27.3. The summed E-state index contributed by atoms with van der Waals surface area (Å²) in [4.78, 5) is 71.5. The van der Waals surface area contributed by atoms with Gasteiger partial charge in [0.15, 0.2) is 36.5 Å². The van der Waals surface area contributed by atoms with E-state index in [4.69, 9.17) is 56.8 Å². The molecule has 0 aromatic heterocycles. The quantitative estimate of drug-likeness (QED) is 0.0402. The summed E-state index contributed by atoms with van der Waals surface area (Å²) < 4.78 is 77.3. The zero-order valence-electron chi connectivity index (χ0n) is 48.1. The van der Waals surface area contributed by atoms with E-state index in [1.807, 2.05) is 60.7 Å². The van der Waals surface area contributed by atoms with E-state index in [0.29, 0.717) is 12.4 Å². The molecule has 3 aliphatic heterocycles. The van der Waals surface area contributed by atoms with Crippen LogP contribution >= 0.6 is 0 Å². The van der Waals surface area contributed by atoms with Gasteiger partial charge < -0.3 is 61.9 Å². The molecule has 0 radical (unpaired) electrons. The summed E-state index contributed by atoms with van der Waals surface area (Å²) in [6, 6.07) is 60.4. The van der Waals surface area contributed by atoms with Crippen LogP contribution in [0.1, 0.15) is 89.3 Å². The second-order valence-electron chi connectivity index (χ2n) is 21.4. The highest BCUT2D eigenvalue weighted by atomic mass is 16.8. The molecule has 1 N–H and O–H groups in total. The lowest BCUT2D eigenvalue weighted by atomic mass is 9.96. The van der Waals surface area contributed by atoms with Crippen molar-refractivity contribution >= 4 is 29.7 Å². The van der Waals surface area contributed by atoms with Crippen LogP contribution in [0, 0.1) is 0 Å². The lowest BCUT2D eigenvalue weighted by Gasteiger charge is -2.47. The van der Waals surface area contributed by atoms with Crippen LogP contribution in [0.3, 0.4) is 0 Å². The number of phenolic OH excluding ortho intramolecular Hbond substituents is 1. The molecule has 88 heavy (non-hydrogen) atoms. The Bertz CT molecular complexity index is 3670. The third-order valence-electron chi connectivity index (χ3n) is 14.7.